The predicted octanol–water partition coefficient (Wildman–Crippen LogP) is 7.92. The van der Waals surface area contributed by atoms with E-state index in [9.17, 15) is 4.79 Å². The van der Waals surface area contributed by atoms with E-state index in [1.54, 1.807) is 6.21 Å². The molecule has 4 aromatic rings. The number of rotatable bonds is 6. The summed E-state index contributed by atoms with van der Waals surface area (Å²) >= 11 is 3.50. The van der Waals surface area contributed by atoms with E-state index in [1.165, 1.54) is 11.1 Å². The molecule has 0 aliphatic heterocycles. The molecule has 0 atom stereocenters. The van der Waals surface area contributed by atoms with E-state index in [1.807, 2.05) is 30.3 Å². The minimum Gasteiger partial charge on any atom is -0.493 e. The highest BCUT2D eigenvalue weighted by Crippen LogP contribution is 2.32. The summed E-state index contributed by atoms with van der Waals surface area (Å²) in [6.45, 7) is 11.3. The largest absolute Gasteiger partial charge is 0.493 e. The van der Waals surface area contributed by atoms with Crippen LogP contribution >= 0.6 is 15.9 Å². The molecule has 1 aliphatic carbocycles. The zero-order chi connectivity index (χ0) is 27.7. The van der Waals surface area contributed by atoms with Gasteiger partial charge in [0, 0.05) is 33.0 Å². The third kappa shape index (κ3) is 6.03. The monoisotopic (exact) mass is 588 g/mol. The lowest BCUT2D eigenvalue weighted by atomic mass is 9.88. The van der Waals surface area contributed by atoms with Gasteiger partial charge in [-0.05, 0) is 80.6 Å². The molecule has 2 aromatic heterocycles. The van der Waals surface area contributed by atoms with Crippen molar-refractivity contribution in [1.82, 2.24) is 14.2 Å². The Labute approximate surface area is 238 Å². The number of aryl methyl sites for hydroxylation is 1. The molecule has 0 amide bonds. The van der Waals surface area contributed by atoms with Gasteiger partial charge >= 0.3 is 0 Å². The zero-order valence-corrected chi connectivity index (χ0v) is 25.1. The Hall–Kier alpha value is -3.19. The van der Waals surface area contributed by atoms with Crippen LogP contribution < -0.4 is 10.3 Å². The second-order valence-electron chi connectivity index (χ2n) is 11.8. The molecule has 0 spiro atoms. The molecule has 0 N–H and O–H groups in total. The van der Waals surface area contributed by atoms with Gasteiger partial charge in [0.25, 0.3) is 5.56 Å². The number of halogens is 1. The second-order valence-corrected chi connectivity index (χ2v) is 12.7. The molecule has 0 saturated heterocycles. The van der Waals surface area contributed by atoms with E-state index in [2.05, 4.69) is 73.3 Å². The van der Waals surface area contributed by atoms with E-state index in [4.69, 9.17) is 14.8 Å². The van der Waals surface area contributed by atoms with Gasteiger partial charge < -0.3 is 9.30 Å². The molecule has 2 aromatic carbocycles. The Morgan fingerprint density at radius 1 is 1.05 bits per heavy atom. The van der Waals surface area contributed by atoms with Crippen LogP contribution in [0.15, 0.2) is 62.9 Å². The first-order valence-corrected chi connectivity index (χ1v) is 14.6. The first-order chi connectivity index (χ1) is 18.6. The van der Waals surface area contributed by atoms with E-state index in [0.717, 1.165) is 69.9 Å². The second kappa shape index (κ2) is 11.1. The van der Waals surface area contributed by atoms with Crippen molar-refractivity contribution in [3.8, 4) is 11.4 Å². The molecule has 6 nitrogen and oxygen atoms in total. The predicted molar refractivity (Wildman–Crippen MR) is 163 cm³/mol. The quantitative estimate of drug-likeness (QED) is 0.215. The van der Waals surface area contributed by atoms with Crippen molar-refractivity contribution in [2.24, 2.45) is 10.5 Å². The molecule has 1 aliphatic rings. The van der Waals surface area contributed by atoms with Gasteiger partial charge in [0.15, 0.2) is 0 Å². The average Bonchev–Trinajstić information content (AvgIpc) is 3.20. The molecule has 39 heavy (non-hydrogen) atoms. The summed E-state index contributed by atoms with van der Waals surface area (Å²) in [6, 6.07) is 16.0. The highest BCUT2D eigenvalue weighted by atomic mass is 79.9. The first-order valence-electron chi connectivity index (χ1n) is 13.8. The smallest absolute Gasteiger partial charge is 0.282 e. The van der Waals surface area contributed by atoms with Gasteiger partial charge in [-0.25, -0.2) is 4.98 Å². The number of hydrogen-bond acceptors (Lipinski definition) is 4. The molecule has 7 heteroatoms. The number of nitrogens with zero attached hydrogens (tertiary/aromatic N) is 4. The van der Waals surface area contributed by atoms with Crippen LogP contribution in [-0.4, -0.2) is 27.0 Å². The molecule has 204 valence electrons. The van der Waals surface area contributed by atoms with Crippen LogP contribution in [-0.2, 0) is 0 Å². The number of benzene rings is 2. The van der Waals surface area contributed by atoms with Gasteiger partial charge in [-0.15, -0.1) is 0 Å². The Balaban J connectivity index is 1.50. The van der Waals surface area contributed by atoms with Gasteiger partial charge in [0.05, 0.1) is 23.7 Å². The summed E-state index contributed by atoms with van der Waals surface area (Å²) in [5.41, 5.74) is 4.89. The minimum absolute atomic E-state index is 0.108. The molecule has 5 rings (SSSR count). The van der Waals surface area contributed by atoms with Crippen molar-refractivity contribution in [3.05, 3.63) is 86.1 Å². The highest BCUT2D eigenvalue weighted by molar-refractivity contribution is 9.10. The normalized spacial score (nSPS) is 14.9. The van der Waals surface area contributed by atoms with Crippen molar-refractivity contribution in [1.29, 1.82) is 0 Å². The molecule has 0 unspecified atom stereocenters. The van der Waals surface area contributed by atoms with E-state index in [-0.39, 0.29) is 16.9 Å². The summed E-state index contributed by atoms with van der Waals surface area (Å²) in [5.74, 6) is 1.87. The third-order valence-electron chi connectivity index (χ3n) is 7.35. The lowest BCUT2D eigenvalue weighted by molar-refractivity contribution is 0.198. The Morgan fingerprint density at radius 2 is 1.77 bits per heavy atom. The van der Waals surface area contributed by atoms with E-state index in [0.29, 0.717) is 12.0 Å². The molecular formula is C32H37BrN4O2. The molecule has 1 fully saturated rings. The standard InChI is InChI=1S/C32H37BrN4O2/c1-21-17-24(22(2)36(21)26-12-14-27(15-13-26)39-20-32(3,4)5)19-34-37-30(23-9-7-6-8-10-23)35-29-16-11-25(33)18-28(29)31(37)38/h11-19,23H,6-10,20H2,1-5H3. The fourth-order valence-corrected chi connectivity index (χ4v) is 5.69. The number of aromatic nitrogens is 3. The Bertz CT molecular complexity index is 1570. The topological polar surface area (TPSA) is 61.4 Å². The SMILES string of the molecule is Cc1cc(C=Nn2c(C3CCCCC3)nc3ccc(Br)cc3c2=O)c(C)n1-c1ccc(OCC(C)(C)C)cc1. The fraction of sp³-hybridized carbons (Fsp3) is 0.406. The van der Waals surface area contributed by atoms with Crippen molar-refractivity contribution >= 4 is 33.0 Å². The van der Waals surface area contributed by atoms with Crippen molar-refractivity contribution in [3.63, 3.8) is 0 Å². The summed E-state index contributed by atoms with van der Waals surface area (Å²) in [7, 11) is 0. The third-order valence-corrected chi connectivity index (χ3v) is 7.85. The fourth-order valence-electron chi connectivity index (χ4n) is 5.33. The Morgan fingerprint density at radius 3 is 2.46 bits per heavy atom. The lowest BCUT2D eigenvalue weighted by Crippen LogP contribution is -2.25. The Kier molecular flexibility index (Phi) is 7.81. The maximum atomic E-state index is 13.7. The van der Waals surface area contributed by atoms with Crippen LogP contribution in [0.4, 0.5) is 0 Å². The maximum absolute atomic E-state index is 13.7. The molecule has 2 heterocycles. The number of hydrogen-bond donors (Lipinski definition) is 0. The van der Waals surface area contributed by atoms with Gasteiger partial charge in [-0.2, -0.15) is 9.78 Å². The summed E-state index contributed by atoms with van der Waals surface area (Å²) in [4.78, 5) is 18.6. The van der Waals surface area contributed by atoms with Gasteiger partial charge in [0.1, 0.15) is 11.6 Å². The summed E-state index contributed by atoms with van der Waals surface area (Å²) in [5, 5.41) is 5.34. The maximum Gasteiger partial charge on any atom is 0.282 e. The van der Waals surface area contributed by atoms with Crippen molar-refractivity contribution in [2.75, 3.05) is 6.61 Å². The van der Waals surface area contributed by atoms with Crippen LogP contribution in [0.3, 0.4) is 0 Å². The molecule has 1 saturated carbocycles. The molecule has 0 bridgehead atoms. The van der Waals surface area contributed by atoms with Crippen LogP contribution in [0.25, 0.3) is 16.6 Å². The molecular weight excluding hydrogens is 552 g/mol. The average molecular weight is 590 g/mol. The van der Waals surface area contributed by atoms with Crippen molar-refractivity contribution in [2.45, 2.75) is 72.6 Å². The summed E-state index contributed by atoms with van der Waals surface area (Å²) < 4.78 is 10.6. The van der Waals surface area contributed by atoms with Crippen LogP contribution in [0.5, 0.6) is 5.75 Å². The minimum atomic E-state index is -0.127. The van der Waals surface area contributed by atoms with Gasteiger partial charge in [-0.3, -0.25) is 4.79 Å². The van der Waals surface area contributed by atoms with E-state index < -0.39 is 0 Å². The van der Waals surface area contributed by atoms with Gasteiger partial charge in [0.2, 0.25) is 0 Å². The molecule has 0 radical (unpaired) electrons. The summed E-state index contributed by atoms with van der Waals surface area (Å²) in [6.07, 6.45) is 7.43. The van der Waals surface area contributed by atoms with E-state index >= 15 is 0 Å². The van der Waals surface area contributed by atoms with Crippen LogP contribution in [0, 0.1) is 19.3 Å². The lowest BCUT2D eigenvalue weighted by Gasteiger charge is -2.22. The van der Waals surface area contributed by atoms with Gasteiger partial charge in [-0.1, -0.05) is 56.0 Å². The number of ether oxygens (including phenoxy) is 1. The highest BCUT2D eigenvalue weighted by Gasteiger charge is 2.23. The zero-order valence-electron chi connectivity index (χ0n) is 23.5. The van der Waals surface area contributed by atoms with Crippen LogP contribution in [0.1, 0.15) is 81.6 Å². The van der Waals surface area contributed by atoms with Crippen LogP contribution in [0.2, 0.25) is 0 Å². The van der Waals surface area contributed by atoms with Crippen molar-refractivity contribution < 1.29 is 4.74 Å². The first kappa shape index (κ1) is 27.4. The number of fused-ring (bicyclic) bond motifs is 1.